The Kier molecular flexibility index (Phi) is 3.19. The van der Waals surface area contributed by atoms with Crippen molar-refractivity contribution in [2.24, 2.45) is 0 Å². The maximum atomic E-state index is 13.4. The maximum Gasteiger partial charge on any atom is 0.187 e. The number of tetrazole rings is 1. The van der Waals surface area contributed by atoms with Crippen LogP contribution in [0, 0.1) is 5.82 Å². The molecule has 0 radical (unpaired) electrons. The van der Waals surface area contributed by atoms with Crippen molar-refractivity contribution in [1.29, 1.82) is 0 Å². The van der Waals surface area contributed by atoms with Gasteiger partial charge in [-0.3, -0.25) is 0 Å². The van der Waals surface area contributed by atoms with E-state index in [-0.39, 0.29) is 0 Å². The zero-order valence-electron chi connectivity index (χ0n) is 10.7. The van der Waals surface area contributed by atoms with Crippen LogP contribution in [0.3, 0.4) is 0 Å². The average Bonchev–Trinajstić information content (AvgIpc) is 2.89. The van der Waals surface area contributed by atoms with Crippen LogP contribution < -0.4 is 11.5 Å². The number of rotatable bonds is 2. The highest BCUT2D eigenvalue weighted by molar-refractivity contribution is 6.32. The van der Waals surface area contributed by atoms with E-state index in [1.165, 1.54) is 22.9 Å². The minimum absolute atomic E-state index is 0.321. The Bertz CT molecular complexity index is 796. The van der Waals surface area contributed by atoms with Gasteiger partial charge in [-0.2, -0.15) is 4.68 Å². The van der Waals surface area contributed by atoms with Gasteiger partial charge in [0.25, 0.3) is 0 Å². The smallest absolute Gasteiger partial charge is 0.187 e. The topological polar surface area (TPSA) is 95.6 Å². The number of hydrogen-bond acceptors (Lipinski definition) is 5. The van der Waals surface area contributed by atoms with E-state index in [1.807, 2.05) is 0 Å². The largest absolute Gasteiger partial charge is 0.399 e. The number of aromatic nitrogens is 4. The van der Waals surface area contributed by atoms with Crippen LogP contribution in [-0.4, -0.2) is 20.2 Å². The lowest BCUT2D eigenvalue weighted by Crippen LogP contribution is -2.02. The van der Waals surface area contributed by atoms with E-state index in [2.05, 4.69) is 15.5 Å². The number of anilines is 2. The van der Waals surface area contributed by atoms with E-state index in [1.54, 1.807) is 18.2 Å². The highest BCUT2D eigenvalue weighted by Crippen LogP contribution is 2.27. The van der Waals surface area contributed by atoms with Gasteiger partial charge in [-0.25, -0.2) is 4.39 Å². The van der Waals surface area contributed by atoms with Gasteiger partial charge in [0, 0.05) is 23.0 Å². The Morgan fingerprint density at radius 1 is 1.05 bits per heavy atom. The van der Waals surface area contributed by atoms with E-state index in [9.17, 15) is 4.39 Å². The van der Waals surface area contributed by atoms with Crippen molar-refractivity contribution < 1.29 is 4.39 Å². The van der Waals surface area contributed by atoms with Crippen LogP contribution in [-0.2, 0) is 0 Å². The third kappa shape index (κ3) is 2.50. The zero-order valence-corrected chi connectivity index (χ0v) is 11.4. The Balaban J connectivity index is 2.19. The molecule has 0 amide bonds. The predicted octanol–water partition coefficient (Wildman–Crippen LogP) is 2.29. The lowest BCUT2D eigenvalue weighted by Gasteiger charge is -2.08. The molecule has 0 fully saturated rings. The van der Waals surface area contributed by atoms with Crippen molar-refractivity contribution in [3.8, 4) is 17.1 Å². The van der Waals surface area contributed by atoms with Gasteiger partial charge < -0.3 is 11.5 Å². The first-order valence-electron chi connectivity index (χ1n) is 5.95. The second-order valence-corrected chi connectivity index (χ2v) is 4.81. The van der Waals surface area contributed by atoms with Gasteiger partial charge in [-0.05, 0) is 40.8 Å². The van der Waals surface area contributed by atoms with E-state index < -0.39 is 5.82 Å². The summed E-state index contributed by atoms with van der Waals surface area (Å²) < 4.78 is 14.8. The molecule has 3 rings (SSSR count). The number of benzene rings is 2. The molecule has 1 heterocycles. The third-order valence-electron chi connectivity index (χ3n) is 2.84. The monoisotopic (exact) mass is 304 g/mol. The molecule has 0 atom stereocenters. The van der Waals surface area contributed by atoms with Crippen molar-refractivity contribution in [3.63, 3.8) is 0 Å². The van der Waals surface area contributed by atoms with Crippen molar-refractivity contribution in [2.45, 2.75) is 0 Å². The molecule has 0 spiro atoms. The van der Waals surface area contributed by atoms with Crippen LogP contribution in [0.5, 0.6) is 0 Å². The Morgan fingerprint density at radius 2 is 1.76 bits per heavy atom. The summed E-state index contributed by atoms with van der Waals surface area (Å²) in [5.74, 6) is -0.0792. The molecule has 0 aliphatic carbocycles. The molecular weight excluding hydrogens is 295 g/mol. The molecule has 0 aliphatic rings. The number of nitrogens with two attached hydrogens (primary N) is 2. The van der Waals surface area contributed by atoms with Crippen LogP contribution in [0.25, 0.3) is 17.1 Å². The number of hydrogen-bond donors (Lipinski definition) is 2. The van der Waals surface area contributed by atoms with Gasteiger partial charge in [0.1, 0.15) is 5.82 Å². The first kappa shape index (κ1) is 13.3. The van der Waals surface area contributed by atoms with Crippen LogP contribution in [0.2, 0.25) is 5.02 Å². The summed E-state index contributed by atoms with van der Waals surface area (Å²) in [6.07, 6.45) is 0. The first-order chi connectivity index (χ1) is 10.0. The van der Waals surface area contributed by atoms with Crippen LogP contribution in [0.15, 0.2) is 36.4 Å². The fourth-order valence-corrected chi connectivity index (χ4v) is 2.18. The highest BCUT2D eigenvalue weighted by Gasteiger charge is 2.15. The molecule has 0 unspecified atom stereocenters. The van der Waals surface area contributed by atoms with E-state index in [4.69, 9.17) is 23.1 Å². The summed E-state index contributed by atoms with van der Waals surface area (Å²) in [5, 5.41) is 11.7. The summed E-state index contributed by atoms with van der Waals surface area (Å²) >= 11 is 6.08. The fourth-order valence-electron chi connectivity index (χ4n) is 1.98. The fraction of sp³-hybridized carbons (Fsp3) is 0. The van der Waals surface area contributed by atoms with Crippen molar-refractivity contribution in [3.05, 3.63) is 47.2 Å². The van der Waals surface area contributed by atoms with Crippen LogP contribution in [0.1, 0.15) is 0 Å². The summed E-state index contributed by atoms with van der Waals surface area (Å²) in [5.41, 5.74) is 13.4. The second kappa shape index (κ2) is 5.02. The zero-order chi connectivity index (χ0) is 15.0. The van der Waals surface area contributed by atoms with Crippen LogP contribution >= 0.6 is 11.6 Å². The van der Waals surface area contributed by atoms with Crippen molar-refractivity contribution in [1.82, 2.24) is 20.2 Å². The molecule has 21 heavy (non-hydrogen) atoms. The van der Waals surface area contributed by atoms with E-state index in [0.29, 0.717) is 33.5 Å². The van der Waals surface area contributed by atoms with Crippen molar-refractivity contribution >= 4 is 23.0 Å². The van der Waals surface area contributed by atoms with Crippen LogP contribution in [0.4, 0.5) is 15.8 Å². The molecular formula is C13H10ClFN6. The average molecular weight is 305 g/mol. The predicted molar refractivity (Wildman–Crippen MR) is 78.4 cm³/mol. The van der Waals surface area contributed by atoms with Crippen molar-refractivity contribution in [2.75, 3.05) is 11.5 Å². The molecule has 0 aliphatic heterocycles. The van der Waals surface area contributed by atoms with Gasteiger partial charge in [0.2, 0.25) is 0 Å². The van der Waals surface area contributed by atoms with E-state index >= 15 is 0 Å². The number of nitrogens with zero attached hydrogens (tertiary/aromatic N) is 4. The molecule has 3 aromatic rings. The lowest BCUT2D eigenvalue weighted by molar-refractivity contribution is 0.625. The van der Waals surface area contributed by atoms with Gasteiger partial charge in [0.05, 0.1) is 10.7 Å². The van der Waals surface area contributed by atoms with Gasteiger partial charge in [-0.1, -0.05) is 11.6 Å². The first-order valence-corrected chi connectivity index (χ1v) is 6.32. The Hall–Kier alpha value is -2.67. The molecule has 0 bridgehead atoms. The summed E-state index contributed by atoms with van der Waals surface area (Å²) in [4.78, 5) is 0. The normalized spacial score (nSPS) is 10.8. The molecule has 1 aromatic heterocycles. The summed E-state index contributed by atoms with van der Waals surface area (Å²) in [6.45, 7) is 0. The van der Waals surface area contributed by atoms with Gasteiger partial charge >= 0.3 is 0 Å². The molecule has 106 valence electrons. The molecule has 6 nitrogen and oxygen atoms in total. The number of halogens is 2. The maximum absolute atomic E-state index is 13.4. The highest BCUT2D eigenvalue weighted by atomic mass is 35.5. The quantitative estimate of drug-likeness (QED) is 0.708. The van der Waals surface area contributed by atoms with E-state index in [0.717, 1.165) is 0 Å². The second-order valence-electron chi connectivity index (χ2n) is 4.40. The molecule has 0 saturated carbocycles. The minimum Gasteiger partial charge on any atom is -0.399 e. The van der Waals surface area contributed by atoms with Gasteiger partial charge in [-0.15, -0.1) is 5.10 Å². The summed E-state index contributed by atoms with van der Waals surface area (Å²) in [6, 6.07) is 8.90. The molecule has 0 saturated heterocycles. The molecule has 2 aromatic carbocycles. The number of nitrogen functional groups attached to an aromatic ring is 2. The molecule has 8 heteroatoms. The standard InChI is InChI=1S/C13H10ClFN6/c14-11-2-1-8(15)5-12(11)21-13(18-19-20-21)7-3-9(16)6-10(17)4-7/h1-6H,16-17H2. The molecule has 4 N–H and O–H groups in total. The van der Waals surface area contributed by atoms with Gasteiger partial charge in [0.15, 0.2) is 5.82 Å². The third-order valence-corrected chi connectivity index (χ3v) is 3.16. The summed E-state index contributed by atoms with van der Waals surface area (Å²) in [7, 11) is 0. The Labute approximate surface area is 124 Å². The lowest BCUT2D eigenvalue weighted by atomic mass is 10.1. The minimum atomic E-state index is -0.442. The Morgan fingerprint density at radius 3 is 2.48 bits per heavy atom. The SMILES string of the molecule is Nc1cc(N)cc(-c2nnnn2-c2cc(F)ccc2Cl)c1.